The maximum atomic E-state index is 13.2. The Labute approximate surface area is 75.6 Å². The van der Waals surface area contributed by atoms with Gasteiger partial charge in [-0.15, -0.1) is 5.10 Å². The van der Waals surface area contributed by atoms with Crippen molar-refractivity contribution >= 4 is 21.4 Å². The first-order valence-electron chi connectivity index (χ1n) is 3.21. The van der Waals surface area contributed by atoms with Crippen LogP contribution in [-0.2, 0) is 0 Å². The Hall–Kier alpha value is -1.10. The summed E-state index contributed by atoms with van der Waals surface area (Å²) in [5.41, 5.74) is 0.252. The van der Waals surface area contributed by atoms with Crippen LogP contribution in [0.25, 0.3) is 5.52 Å². The summed E-state index contributed by atoms with van der Waals surface area (Å²) in [5, 5.41) is 12.6. The van der Waals surface area contributed by atoms with Gasteiger partial charge in [-0.05, 0) is 22.0 Å². The number of aromatic hydroxyl groups is 1. The molecule has 0 amide bonds. The Balaban J connectivity index is 2.89. The van der Waals surface area contributed by atoms with Gasteiger partial charge in [-0.1, -0.05) is 0 Å². The predicted octanol–water partition coefficient (Wildman–Crippen LogP) is 1.94. The van der Waals surface area contributed by atoms with Crippen molar-refractivity contribution in [3.8, 4) is 5.88 Å². The number of nitrogens with zero attached hydrogens (tertiary/aromatic N) is 2. The minimum absolute atomic E-state index is 0.188. The van der Waals surface area contributed by atoms with E-state index in [1.807, 2.05) is 0 Å². The Morgan fingerprint density at radius 3 is 3.08 bits per heavy atom. The van der Waals surface area contributed by atoms with E-state index in [4.69, 9.17) is 5.11 Å². The Bertz CT molecular complexity index is 440. The molecule has 0 atom stereocenters. The van der Waals surface area contributed by atoms with Gasteiger partial charge >= 0.3 is 0 Å². The molecule has 5 heteroatoms. The van der Waals surface area contributed by atoms with Crippen LogP contribution in [0.15, 0.2) is 22.8 Å². The second-order valence-corrected chi connectivity index (χ2v) is 3.16. The van der Waals surface area contributed by atoms with E-state index in [0.29, 0.717) is 4.47 Å². The Morgan fingerprint density at radius 2 is 2.33 bits per heavy atom. The van der Waals surface area contributed by atoms with Crippen molar-refractivity contribution in [2.75, 3.05) is 0 Å². The largest absolute Gasteiger partial charge is 0.492 e. The summed E-state index contributed by atoms with van der Waals surface area (Å²) in [6.45, 7) is 0. The number of hydrogen-bond donors (Lipinski definition) is 1. The van der Waals surface area contributed by atoms with Gasteiger partial charge in [0.1, 0.15) is 5.52 Å². The summed E-state index contributed by atoms with van der Waals surface area (Å²) in [6, 6.07) is 2.79. The molecule has 0 aromatic carbocycles. The van der Waals surface area contributed by atoms with E-state index in [9.17, 15) is 4.39 Å². The van der Waals surface area contributed by atoms with Crippen LogP contribution in [-0.4, -0.2) is 14.7 Å². The van der Waals surface area contributed by atoms with Crippen molar-refractivity contribution in [2.24, 2.45) is 0 Å². The molecule has 0 aliphatic heterocycles. The molecule has 0 aliphatic carbocycles. The lowest BCUT2D eigenvalue weighted by Crippen LogP contribution is -1.89. The summed E-state index contributed by atoms with van der Waals surface area (Å²) >= 11 is 3.03. The summed E-state index contributed by atoms with van der Waals surface area (Å²) in [5.74, 6) is -0.614. The van der Waals surface area contributed by atoms with E-state index in [2.05, 4.69) is 21.0 Å². The molecule has 12 heavy (non-hydrogen) atoms. The third-order valence-corrected chi connectivity index (χ3v) is 2.13. The summed E-state index contributed by atoms with van der Waals surface area (Å²) in [4.78, 5) is 0. The number of rotatable bonds is 0. The first-order chi connectivity index (χ1) is 5.68. The highest BCUT2D eigenvalue weighted by Gasteiger charge is 2.07. The maximum absolute atomic E-state index is 13.2. The van der Waals surface area contributed by atoms with Gasteiger partial charge < -0.3 is 5.11 Å². The minimum Gasteiger partial charge on any atom is -0.492 e. The lowest BCUT2D eigenvalue weighted by atomic mass is 10.4. The van der Waals surface area contributed by atoms with Crippen LogP contribution in [0.4, 0.5) is 4.39 Å². The normalized spacial score (nSPS) is 10.8. The van der Waals surface area contributed by atoms with Gasteiger partial charge in [0.2, 0.25) is 5.88 Å². The molecule has 0 radical (unpaired) electrons. The summed E-state index contributed by atoms with van der Waals surface area (Å²) < 4.78 is 14.8. The number of aromatic nitrogens is 2. The molecule has 1 N–H and O–H groups in total. The summed E-state index contributed by atoms with van der Waals surface area (Å²) in [7, 11) is 0. The molecule has 0 unspecified atom stereocenters. The van der Waals surface area contributed by atoms with Crippen LogP contribution in [0, 0.1) is 5.82 Å². The molecule has 0 saturated heterocycles. The van der Waals surface area contributed by atoms with Gasteiger partial charge in [0, 0.05) is 12.3 Å². The first-order valence-corrected chi connectivity index (χ1v) is 4.00. The molecule has 0 bridgehead atoms. The van der Waals surface area contributed by atoms with Gasteiger partial charge in [0.05, 0.1) is 4.47 Å². The molecular formula is C7H4BrFN2O. The zero-order valence-corrected chi connectivity index (χ0v) is 7.42. The summed E-state index contributed by atoms with van der Waals surface area (Å²) in [6.07, 6.45) is 1.56. The van der Waals surface area contributed by atoms with Gasteiger partial charge in [-0.25, -0.2) is 8.91 Å². The topological polar surface area (TPSA) is 37.5 Å². The van der Waals surface area contributed by atoms with E-state index in [0.717, 1.165) is 0 Å². The molecule has 2 aromatic heterocycles. The SMILES string of the molecule is Oc1cc2c(F)c(Br)ccn2n1. The molecule has 2 heterocycles. The number of pyridine rings is 1. The molecule has 3 nitrogen and oxygen atoms in total. The van der Waals surface area contributed by atoms with Crippen molar-refractivity contribution in [3.63, 3.8) is 0 Å². The van der Waals surface area contributed by atoms with E-state index < -0.39 is 5.82 Å². The highest BCUT2D eigenvalue weighted by atomic mass is 79.9. The molecule has 2 rings (SSSR count). The molecule has 0 fully saturated rings. The van der Waals surface area contributed by atoms with Crippen molar-refractivity contribution in [2.45, 2.75) is 0 Å². The molecule has 0 aliphatic rings. The standard InChI is InChI=1S/C7H4BrFN2O/c8-4-1-2-11-5(7(4)9)3-6(12)10-11/h1-3H,(H,10,12). The Kier molecular flexibility index (Phi) is 1.54. The van der Waals surface area contributed by atoms with Gasteiger partial charge in [0.25, 0.3) is 0 Å². The van der Waals surface area contributed by atoms with Crippen LogP contribution >= 0.6 is 15.9 Å². The zero-order valence-electron chi connectivity index (χ0n) is 5.83. The Morgan fingerprint density at radius 1 is 1.58 bits per heavy atom. The van der Waals surface area contributed by atoms with Crippen molar-refractivity contribution in [1.29, 1.82) is 0 Å². The smallest absolute Gasteiger partial charge is 0.231 e. The number of hydrogen-bond acceptors (Lipinski definition) is 2. The van der Waals surface area contributed by atoms with E-state index in [1.165, 1.54) is 16.6 Å². The van der Waals surface area contributed by atoms with Crippen LogP contribution in [0.5, 0.6) is 5.88 Å². The molecule has 62 valence electrons. The highest BCUT2D eigenvalue weighted by Crippen LogP contribution is 2.21. The third kappa shape index (κ3) is 0.972. The predicted molar refractivity (Wildman–Crippen MR) is 44.5 cm³/mol. The zero-order chi connectivity index (χ0) is 8.72. The van der Waals surface area contributed by atoms with Crippen LogP contribution < -0.4 is 0 Å². The monoisotopic (exact) mass is 230 g/mol. The highest BCUT2D eigenvalue weighted by molar-refractivity contribution is 9.10. The molecule has 0 saturated carbocycles. The average molecular weight is 231 g/mol. The minimum atomic E-state index is -0.426. The molecular weight excluding hydrogens is 227 g/mol. The van der Waals surface area contributed by atoms with Gasteiger partial charge in [-0.2, -0.15) is 0 Å². The fraction of sp³-hybridized carbons (Fsp3) is 0. The van der Waals surface area contributed by atoms with Crippen molar-refractivity contribution in [1.82, 2.24) is 9.61 Å². The quantitative estimate of drug-likeness (QED) is 0.752. The van der Waals surface area contributed by atoms with Crippen LogP contribution in [0.2, 0.25) is 0 Å². The lowest BCUT2D eigenvalue weighted by Gasteiger charge is -1.95. The van der Waals surface area contributed by atoms with Gasteiger partial charge in [-0.3, -0.25) is 0 Å². The maximum Gasteiger partial charge on any atom is 0.231 e. The van der Waals surface area contributed by atoms with E-state index in [1.54, 1.807) is 6.20 Å². The second-order valence-electron chi connectivity index (χ2n) is 2.31. The van der Waals surface area contributed by atoms with Crippen LogP contribution in [0.3, 0.4) is 0 Å². The fourth-order valence-electron chi connectivity index (χ4n) is 0.991. The van der Waals surface area contributed by atoms with E-state index >= 15 is 0 Å². The number of halogens is 2. The van der Waals surface area contributed by atoms with Gasteiger partial charge in [0.15, 0.2) is 5.82 Å². The van der Waals surface area contributed by atoms with Crippen molar-refractivity contribution < 1.29 is 9.50 Å². The number of fused-ring (bicyclic) bond motifs is 1. The fourth-order valence-corrected chi connectivity index (χ4v) is 1.31. The second kappa shape index (κ2) is 2.45. The third-order valence-electron chi connectivity index (χ3n) is 1.52. The average Bonchev–Trinajstić information content (AvgIpc) is 2.39. The van der Waals surface area contributed by atoms with Crippen molar-refractivity contribution in [3.05, 3.63) is 28.6 Å². The first kappa shape index (κ1) is 7.54. The van der Waals surface area contributed by atoms with E-state index in [-0.39, 0.29) is 11.4 Å². The lowest BCUT2D eigenvalue weighted by molar-refractivity contribution is 0.449. The van der Waals surface area contributed by atoms with Crippen LogP contribution in [0.1, 0.15) is 0 Å². The molecule has 0 spiro atoms. The molecule has 2 aromatic rings.